The number of hydrogen-bond donors (Lipinski definition) is 1. The average molecular weight is 345 g/mol. The number of hydrogen-bond acceptors (Lipinski definition) is 3. The van der Waals surface area contributed by atoms with Crippen LogP contribution in [0.25, 0.3) is 11.0 Å². The van der Waals surface area contributed by atoms with Crippen LogP contribution in [0.5, 0.6) is 0 Å². The Kier molecular flexibility index (Phi) is 5.11. The summed E-state index contributed by atoms with van der Waals surface area (Å²) in [4.78, 5) is 7.60. The van der Waals surface area contributed by atoms with Crippen LogP contribution >= 0.6 is 11.6 Å². The summed E-state index contributed by atoms with van der Waals surface area (Å²) in [7, 11) is -1.95. The van der Waals surface area contributed by atoms with Crippen molar-refractivity contribution in [2.45, 2.75) is 26.8 Å². The van der Waals surface area contributed by atoms with Gasteiger partial charge in [-0.2, -0.15) is 17.0 Å². The Labute approximate surface area is 136 Å². The third-order valence-electron chi connectivity index (χ3n) is 3.80. The summed E-state index contributed by atoms with van der Waals surface area (Å²) < 4.78 is 27.9. The number of aromatic nitrogens is 2. The van der Waals surface area contributed by atoms with E-state index >= 15 is 0 Å². The number of imidazole rings is 1. The van der Waals surface area contributed by atoms with E-state index in [1.54, 1.807) is 26.1 Å². The second-order valence-corrected chi connectivity index (χ2v) is 7.49. The van der Waals surface area contributed by atoms with Gasteiger partial charge < -0.3 is 4.98 Å². The quantitative estimate of drug-likeness (QED) is 0.876. The highest BCUT2D eigenvalue weighted by Crippen LogP contribution is 2.24. The van der Waals surface area contributed by atoms with Crippen molar-refractivity contribution in [2.24, 2.45) is 0 Å². The van der Waals surface area contributed by atoms with Crippen LogP contribution in [0, 0.1) is 0 Å². The van der Waals surface area contributed by atoms with Gasteiger partial charge in [0.1, 0.15) is 5.82 Å². The normalized spacial score (nSPS) is 14.1. The Morgan fingerprint density at radius 3 is 2.55 bits per heavy atom. The predicted octanol–water partition coefficient (Wildman–Crippen LogP) is 2.80. The van der Waals surface area contributed by atoms with Gasteiger partial charge in [-0.05, 0) is 25.1 Å². The summed E-state index contributed by atoms with van der Waals surface area (Å²) in [5.41, 5.74) is 1.56. The van der Waals surface area contributed by atoms with Crippen molar-refractivity contribution in [2.75, 3.05) is 20.1 Å². The molecule has 1 atom stereocenters. The van der Waals surface area contributed by atoms with Gasteiger partial charge in [0.2, 0.25) is 0 Å². The average Bonchev–Trinajstić information content (AvgIpc) is 2.89. The molecular formula is C14H21ClN4O2S. The van der Waals surface area contributed by atoms with E-state index in [-0.39, 0.29) is 0 Å². The van der Waals surface area contributed by atoms with E-state index in [9.17, 15) is 8.42 Å². The Hall–Kier alpha value is -1.15. The van der Waals surface area contributed by atoms with Gasteiger partial charge in [-0.25, -0.2) is 4.98 Å². The van der Waals surface area contributed by atoms with E-state index in [0.717, 1.165) is 11.0 Å². The highest BCUT2D eigenvalue weighted by atomic mass is 35.5. The lowest BCUT2D eigenvalue weighted by Crippen LogP contribution is -2.42. The van der Waals surface area contributed by atoms with E-state index in [0.29, 0.717) is 23.9 Å². The minimum Gasteiger partial charge on any atom is -0.341 e. The molecule has 0 amide bonds. The molecule has 2 aromatic rings. The monoisotopic (exact) mass is 344 g/mol. The predicted molar refractivity (Wildman–Crippen MR) is 89.1 cm³/mol. The summed E-state index contributed by atoms with van der Waals surface area (Å²) in [5, 5.41) is 0.611. The van der Waals surface area contributed by atoms with Gasteiger partial charge >= 0.3 is 0 Å². The lowest BCUT2D eigenvalue weighted by atomic mass is 10.3. The largest absolute Gasteiger partial charge is 0.341 e. The van der Waals surface area contributed by atoms with Crippen molar-refractivity contribution in [1.29, 1.82) is 0 Å². The van der Waals surface area contributed by atoms with Gasteiger partial charge in [0.15, 0.2) is 0 Å². The van der Waals surface area contributed by atoms with Crippen molar-refractivity contribution in [1.82, 2.24) is 18.6 Å². The lowest BCUT2D eigenvalue weighted by molar-refractivity contribution is 0.333. The minimum atomic E-state index is -3.51. The molecule has 0 radical (unpaired) electrons. The van der Waals surface area contributed by atoms with E-state index in [4.69, 9.17) is 11.6 Å². The van der Waals surface area contributed by atoms with Crippen LogP contribution < -0.4 is 0 Å². The number of halogens is 1. The molecule has 0 saturated heterocycles. The van der Waals surface area contributed by atoms with Gasteiger partial charge in [0.05, 0.1) is 17.1 Å². The van der Waals surface area contributed by atoms with Crippen LogP contribution in [0.3, 0.4) is 0 Å². The Bertz CT molecular complexity index is 755. The maximum absolute atomic E-state index is 12.6. The minimum absolute atomic E-state index is 0.406. The van der Waals surface area contributed by atoms with Gasteiger partial charge in [0, 0.05) is 25.2 Å². The van der Waals surface area contributed by atoms with E-state index in [2.05, 4.69) is 9.97 Å². The highest BCUT2D eigenvalue weighted by molar-refractivity contribution is 7.86. The van der Waals surface area contributed by atoms with Gasteiger partial charge in [-0.3, -0.25) is 0 Å². The summed E-state index contributed by atoms with van der Waals surface area (Å²) in [6.07, 6.45) is 0. The van der Waals surface area contributed by atoms with Crippen molar-refractivity contribution in [3.8, 4) is 0 Å². The van der Waals surface area contributed by atoms with Crippen LogP contribution in [-0.2, 0) is 10.2 Å². The molecule has 0 saturated carbocycles. The number of rotatable bonds is 6. The topological polar surface area (TPSA) is 69.3 Å². The van der Waals surface area contributed by atoms with Gasteiger partial charge in [-0.15, -0.1) is 0 Å². The standard InChI is InChI=1S/C14H21ClN4O2S/c1-5-19(6-2)22(20,21)18(4)10(3)14-16-12-8-7-11(15)9-13(12)17-14/h7-10H,5-6H2,1-4H3,(H,16,17). The van der Waals surface area contributed by atoms with Gasteiger partial charge in [-0.1, -0.05) is 25.4 Å². The van der Waals surface area contributed by atoms with Gasteiger partial charge in [0.25, 0.3) is 10.2 Å². The molecule has 0 aliphatic heterocycles. The molecule has 0 spiro atoms. The molecule has 122 valence electrons. The summed E-state index contributed by atoms with van der Waals surface area (Å²) in [6.45, 7) is 6.32. The molecule has 1 aromatic heterocycles. The molecule has 0 bridgehead atoms. The molecule has 22 heavy (non-hydrogen) atoms. The zero-order valence-electron chi connectivity index (χ0n) is 13.2. The first-order valence-electron chi connectivity index (χ1n) is 7.19. The number of aromatic amines is 1. The van der Waals surface area contributed by atoms with Crippen molar-refractivity contribution in [3.05, 3.63) is 29.0 Å². The molecule has 1 unspecified atom stereocenters. The van der Waals surface area contributed by atoms with E-state index in [1.807, 2.05) is 19.9 Å². The fourth-order valence-corrected chi connectivity index (χ4v) is 3.99. The number of nitrogens with one attached hydrogen (secondary N) is 1. The number of fused-ring (bicyclic) bond motifs is 1. The zero-order chi connectivity index (χ0) is 16.5. The SMILES string of the molecule is CCN(CC)S(=O)(=O)N(C)C(C)c1nc2ccc(Cl)cc2[nH]1. The first-order chi connectivity index (χ1) is 10.3. The zero-order valence-corrected chi connectivity index (χ0v) is 14.7. The Morgan fingerprint density at radius 2 is 1.95 bits per heavy atom. The molecule has 8 heteroatoms. The Morgan fingerprint density at radius 1 is 1.32 bits per heavy atom. The fraction of sp³-hybridized carbons (Fsp3) is 0.500. The van der Waals surface area contributed by atoms with E-state index < -0.39 is 16.3 Å². The van der Waals surface area contributed by atoms with Crippen LogP contribution in [0.1, 0.15) is 32.6 Å². The van der Waals surface area contributed by atoms with Crippen LogP contribution in [0.15, 0.2) is 18.2 Å². The first kappa shape index (κ1) is 17.2. The molecule has 6 nitrogen and oxygen atoms in total. The second-order valence-electron chi connectivity index (χ2n) is 5.07. The maximum atomic E-state index is 12.6. The van der Waals surface area contributed by atoms with Crippen LogP contribution in [-0.4, -0.2) is 47.1 Å². The molecule has 1 N–H and O–H groups in total. The molecule has 0 aliphatic carbocycles. The third kappa shape index (κ3) is 3.12. The molecule has 1 aromatic carbocycles. The molecule has 0 aliphatic rings. The molecule has 2 rings (SSSR count). The fourth-order valence-electron chi connectivity index (χ4n) is 2.30. The first-order valence-corrected chi connectivity index (χ1v) is 8.97. The van der Waals surface area contributed by atoms with Crippen molar-refractivity contribution in [3.63, 3.8) is 0 Å². The lowest BCUT2D eigenvalue weighted by Gasteiger charge is -2.28. The van der Waals surface area contributed by atoms with Crippen molar-refractivity contribution < 1.29 is 8.42 Å². The molecule has 0 fully saturated rings. The summed E-state index contributed by atoms with van der Waals surface area (Å²) in [6, 6.07) is 4.94. The maximum Gasteiger partial charge on any atom is 0.282 e. The van der Waals surface area contributed by atoms with E-state index in [1.165, 1.54) is 8.61 Å². The summed E-state index contributed by atoms with van der Waals surface area (Å²) in [5.74, 6) is 0.593. The van der Waals surface area contributed by atoms with Crippen LogP contribution in [0.4, 0.5) is 0 Å². The second kappa shape index (κ2) is 6.54. The Balaban J connectivity index is 2.34. The number of H-pyrrole nitrogens is 1. The summed E-state index contributed by atoms with van der Waals surface area (Å²) >= 11 is 5.96. The number of nitrogens with zero attached hydrogens (tertiary/aromatic N) is 3. The molecular weight excluding hydrogens is 324 g/mol. The third-order valence-corrected chi connectivity index (χ3v) is 6.25. The number of benzene rings is 1. The molecule has 1 heterocycles. The smallest absolute Gasteiger partial charge is 0.282 e. The van der Waals surface area contributed by atoms with Crippen molar-refractivity contribution >= 4 is 32.8 Å². The van der Waals surface area contributed by atoms with Crippen LogP contribution in [0.2, 0.25) is 5.02 Å². The highest BCUT2D eigenvalue weighted by Gasteiger charge is 2.30.